The number of aromatic nitrogens is 3. The lowest BCUT2D eigenvalue weighted by molar-refractivity contribution is 0.568. The third-order valence-corrected chi connectivity index (χ3v) is 3.80. The summed E-state index contributed by atoms with van der Waals surface area (Å²) in [7, 11) is 0. The highest BCUT2D eigenvalue weighted by molar-refractivity contribution is 7.98. The van der Waals surface area contributed by atoms with Gasteiger partial charge in [0.2, 0.25) is 0 Å². The maximum Gasteiger partial charge on any atom is 0.158 e. The second-order valence-electron chi connectivity index (χ2n) is 4.44. The molecule has 0 saturated heterocycles. The Morgan fingerprint density at radius 3 is 3.06 bits per heavy atom. The summed E-state index contributed by atoms with van der Waals surface area (Å²) >= 11 is 1.75. The fourth-order valence-electron chi connectivity index (χ4n) is 1.93. The van der Waals surface area contributed by atoms with E-state index in [0.717, 1.165) is 23.9 Å². The van der Waals surface area contributed by atoms with Crippen molar-refractivity contribution in [2.45, 2.75) is 24.3 Å². The summed E-state index contributed by atoms with van der Waals surface area (Å²) in [5.41, 5.74) is 1.16. The van der Waals surface area contributed by atoms with Gasteiger partial charge in [-0.05, 0) is 37.1 Å². The number of rotatable bonds is 4. The summed E-state index contributed by atoms with van der Waals surface area (Å²) in [4.78, 5) is 5.65. The molecule has 4 heteroatoms. The molecule has 0 aliphatic heterocycles. The molecule has 0 atom stereocenters. The topological polar surface area (TPSA) is 30.7 Å². The number of hydrogen-bond donors (Lipinski definition) is 0. The zero-order chi connectivity index (χ0) is 11.7. The SMILES string of the molecule is CSc1cccc(-c2ncnn2CC2CC2)c1. The van der Waals surface area contributed by atoms with Gasteiger partial charge in [0.15, 0.2) is 5.82 Å². The number of hydrogen-bond acceptors (Lipinski definition) is 3. The van der Waals surface area contributed by atoms with Crippen LogP contribution in [0.4, 0.5) is 0 Å². The van der Waals surface area contributed by atoms with Crippen molar-refractivity contribution in [2.75, 3.05) is 6.26 Å². The Morgan fingerprint density at radius 2 is 2.29 bits per heavy atom. The van der Waals surface area contributed by atoms with Crippen molar-refractivity contribution in [2.24, 2.45) is 5.92 Å². The van der Waals surface area contributed by atoms with E-state index in [1.54, 1.807) is 18.1 Å². The van der Waals surface area contributed by atoms with Gasteiger partial charge >= 0.3 is 0 Å². The van der Waals surface area contributed by atoms with E-state index in [-0.39, 0.29) is 0 Å². The van der Waals surface area contributed by atoms with Crippen LogP contribution in [0.1, 0.15) is 12.8 Å². The van der Waals surface area contributed by atoms with E-state index in [9.17, 15) is 0 Å². The normalized spacial score (nSPS) is 15.1. The van der Waals surface area contributed by atoms with E-state index < -0.39 is 0 Å². The zero-order valence-electron chi connectivity index (χ0n) is 9.84. The molecule has 1 aliphatic carbocycles. The lowest BCUT2D eigenvalue weighted by atomic mass is 10.2. The molecule has 0 bridgehead atoms. The molecule has 1 aromatic carbocycles. The van der Waals surface area contributed by atoms with E-state index in [4.69, 9.17) is 0 Å². The van der Waals surface area contributed by atoms with Gasteiger partial charge in [0.25, 0.3) is 0 Å². The Hall–Kier alpha value is -1.29. The van der Waals surface area contributed by atoms with Crippen molar-refractivity contribution in [1.29, 1.82) is 0 Å². The molecule has 3 rings (SSSR count). The molecular weight excluding hydrogens is 230 g/mol. The lowest BCUT2D eigenvalue weighted by Gasteiger charge is -2.06. The van der Waals surface area contributed by atoms with E-state index in [0.29, 0.717) is 0 Å². The average molecular weight is 245 g/mol. The molecular formula is C13H15N3S. The van der Waals surface area contributed by atoms with Crippen molar-refractivity contribution in [3.05, 3.63) is 30.6 Å². The van der Waals surface area contributed by atoms with Gasteiger partial charge < -0.3 is 0 Å². The largest absolute Gasteiger partial charge is 0.246 e. The first-order chi connectivity index (χ1) is 8.36. The van der Waals surface area contributed by atoms with Crippen LogP contribution in [-0.4, -0.2) is 21.0 Å². The molecule has 0 radical (unpaired) electrons. The fraction of sp³-hybridized carbons (Fsp3) is 0.385. The molecule has 1 saturated carbocycles. The van der Waals surface area contributed by atoms with Crippen LogP contribution in [0.5, 0.6) is 0 Å². The molecule has 0 N–H and O–H groups in total. The standard InChI is InChI=1S/C13H15N3S/c1-17-12-4-2-3-11(7-12)13-14-9-15-16(13)8-10-5-6-10/h2-4,7,9-10H,5-6,8H2,1H3. The smallest absolute Gasteiger partial charge is 0.158 e. The van der Waals surface area contributed by atoms with Crippen molar-refractivity contribution in [1.82, 2.24) is 14.8 Å². The van der Waals surface area contributed by atoms with Gasteiger partial charge in [0.05, 0.1) is 0 Å². The summed E-state index contributed by atoms with van der Waals surface area (Å²) in [6.07, 6.45) is 6.42. The Bertz CT molecular complexity index is 517. The summed E-state index contributed by atoms with van der Waals surface area (Å²) < 4.78 is 2.04. The summed E-state index contributed by atoms with van der Waals surface area (Å²) in [6.45, 7) is 1.01. The second kappa shape index (κ2) is 4.53. The average Bonchev–Trinajstić information content (AvgIpc) is 3.06. The minimum Gasteiger partial charge on any atom is -0.246 e. The van der Waals surface area contributed by atoms with Crippen LogP contribution in [0.3, 0.4) is 0 Å². The Labute approximate surface area is 105 Å². The van der Waals surface area contributed by atoms with Crippen LogP contribution in [0.2, 0.25) is 0 Å². The predicted octanol–water partition coefficient (Wildman–Crippen LogP) is 3.08. The summed E-state index contributed by atoms with van der Waals surface area (Å²) in [6, 6.07) is 8.48. The molecule has 0 spiro atoms. The van der Waals surface area contributed by atoms with Crippen LogP contribution in [0.25, 0.3) is 11.4 Å². The van der Waals surface area contributed by atoms with Gasteiger partial charge in [0, 0.05) is 17.0 Å². The maximum absolute atomic E-state index is 4.39. The first-order valence-corrected chi connectivity index (χ1v) is 7.11. The molecule has 3 nitrogen and oxygen atoms in total. The zero-order valence-corrected chi connectivity index (χ0v) is 10.7. The van der Waals surface area contributed by atoms with Crippen molar-refractivity contribution in [3.63, 3.8) is 0 Å². The van der Waals surface area contributed by atoms with Gasteiger partial charge in [-0.25, -0.2) is 9.67 Å². The first kappa shape index (κ1) is 10.8. The number of benzene rings is 1. The van der Waals surface area contributed by atoms with Crippen molar-refractivity contribution < 1.29 is 0 Å². The second-order valence-corrected chi connectivity index (χ2v) is 5.32. The minimum absolute atomic E-state index is 0.819. The first-order valence-electron chi connectivity index (χ1n) is 5.89. The Balaban J connectivity index is 1.93. The molecule has 1 aromatic heterocycles. The Morgan fingerprint density at radius 1 is 1.41 bits per heavy atom. The van der Waals surface area contributed by atoms with E-state index in [1.807, 2.05) is 4.68 Å². The van der Waals surface area contributed by atoms with E-state index in [2.05, 4.69) is 40.6 Å². The molecule has 0 unspecified atom stereocenters. The molecule has 88 valence electrons. The monoisotopic (exact) mass is 245 g/mol. The molecule has 1 aliphatic rings. The van der Waals surface area contributed by atoms with Gasteiger partial charge in [-0.1, -0.05) is 12.1 Å². The third-order valence-electron chi connectivity index (χ3n) is 3.07. The molecule has 0 amide bonds. The van der Waals surface area contributed by atoms with Crippen LogP contribution < -0.4 is 0 Å². The van der Waals surface area contributed by atoms with Crippen LogP contribution in [0, 0.1) is 5.92 Å². The fourth-order valence-corrected chi connectivity index (χ4v) is 2.39. The van der Waals surface area contributed by atoms with Gasteiger partial charge in [-0.15, -0.1) is 11.8 Å². The van der Waals surface area contributed by atoms with Gasteiger partial charge in [0.1, 0.15) is 6.33 Å². The highest BCUT2D eigenvalue weighted by atomic mass is 32.2. The van der Waals surface area contributed by atoms with E-state index in [1.165, 1.54) is 17.7 Å². The van der Waals surface area contributed by atoms with Crippen molar-refractivity contribution in [3.8, 4) is 11.4 Å². The van der Waals surface area contributed by atoms with Crippen LogP contribution in [-0.2, 0) is 6.54 Å². The third kappa shape index (κ3) is 2.36. The minimum atomic E-state index is 0.819. The molecule has 2 aromatic rings. The van der Waals surface area contributed by atoms with Crippen LogP contribution >= 0.6 is 11.8 Å². The molecule has 1 heterocycles. The predicted molar refractivity (Wildman–Crippen MR) is 70.0 cm³/mol. The summed E-state index contributed by atoms with van der Waals surface area (Å²) in [5, 5.41) is 4.33. The van der Waals surface area contributed by atoms with Crippen molar-refractivity contribution >= 4 is 11.8 Å². The summed E-state index contributed by atoms with van der Waals surface area (Å²) in [5.74, 6) is 1.81. The number of thioether (sulfide) groups is 1. The van der Waals surface area contributed by atoms with Gasteiger partial charge in [-0.3, -0.25) is 0 Å². The molecule has 17 heavy (non-hydrogen) atoms. The highest BCUT2D eigenvalue weighted by Gasteiger charge is 2.23. The van der Waals surface area contributed by atoms with Gasteiger partial charge in [-0.2, -0.15) is 5.10 Å². The van der Waals surface area contributed by atoms with Crippen LogP contribution in [0.15, 0.2) is 35.5 Å². The number of nitrogens with zero attached hydrogens (tertiary/aromatic N) is 3. The quantitative estimate of drug-likeness (QED) is 0.776. The maximum atomic E-state index is 4.39. The Kier molecular flexibility index (Phi) is 2.89. The highest BCUT2D eigenvalue weighted by Crippen LogP contribution is 2.32. The van der Waals surface area contributed by atoms with E-state index >= 15 is 0 Å². The molecule has 1 fully saturated rings. The lowest BCUT2D eigenvalue weighted by Crippen LogP contribution is -2.04.